The molecule has 1 amide bonds. The van der Waals surface area contributed by atoms with E-state index >= 15 is 0 Å². The third kappa shape index (κ3) is 3.65. The van der Waals surface area contributed by atoms with Crippen LogP contribution in [0.5, 0.6) is 0 Å². The molecule has 2 aromatic rings. The molecule has 2 N–H and O–H groups in total. The Kier molecular flexibility index (Phi) is 5.51. The summed E-state index contributed by atoms with van der Waals surface area (Å²) in [6.45, 7) is 6.86. The zero-order chi connectivity index (χ0) is 23.3. The molecule has 0 unspecified atom stereocenters. The standard InChI is InChI=1S/C25H29N2O5/c1-24(2)13-20(21(22(28)29)25(3,4)27(24)31)26-23(30)32-14-19-17-11-7-5-9-15(17)16-10-6-8-12-18(16)19/h5-12,19-21H,13-14H2,1-4H3,(H,26,30)(H,28,29)/t20-,21+/m1/s1. The lowest BCUT2D eigenvalue weighted by Gasteiger charge is -2.53. The van der Waals surface area contributed by atoms with Gasteiger partial charge in [-0.1, -0.05) is 48.5 Å². The molecule has 2 aromatic carbocycles. The number of carbonyl (C=O) groups is 2. The molecule has 4 rings (SSSR count). The number of alkyl carbamates (subject to hydrolysis) is 1. The van der Waals surface area contributed by atoms with E-state index in [-0.39, 0.29) is 18.9 Å². The van der Waals surface area contributed by atoms with Crippen molar-refractivity contribution >= 4 is 12.1 Å². The number of benzene rings is 2. The molecule has 0 spiro atoms. The van der Waals surface area contributed by atoms with Crippen molar-refractivity contribution in [3.8, 4) is 11.1 Å². The van der Waals surface area contributed by atoms with Gasteiger partial charge in [-0.05, 0) is 56.4 Å². The Bertz CT molecular complexity index is 1000. The number of carboxylic acids is 1. The highest BCUT2D eigenvalue weighted by atomic mass is 16.5. The smallest absolute Gasteiger partial charge is 0.407 e. The van der Waals surface area contributed by atoms with Gasteiger partial charge in [-0.25, -0.2) is 4.79 Å². The molecule has 32 heavy (non-hydrogen) atoms. The second-order valence-electron chi connectivity index (χ2n) is 9.86. The summed E-state index contributed by atoms with van der Waals surface area (Å²) in [5.41, 5.74) is 2.47. The van der Waals surface area contributed by atoms with Crippen LogP contribution in [-0.4, -0.2) is 46.0 Å². The van der Waals surface area contributed by atoms with E-state index in [4.69, 9.17) is 4.74 Å². The number of nitrogens with one attached hydrogen (secondary N) is 1. The lowest BCUT2D eigenvalue weighted by molar-refractivity contribution is -0.303. The number of aliphatic carboxylic acids is 1. The zero-order valence-corrected chi connectivity index (χ0v) is 18.8. The monoisotopic (exact) mass is 437 g/mol. The molecular weight excluding hydrogens is 408 g/mol. The fourth-order valence-corrected chi connectivity index (χ4v) is 5.54. The molecule has 0 saturated carbocycles. The fraction of sp³-hybridized carbons (Fsp3) is 0.440. The van der Waals surface area contributed by atoms with Crippen LogP contribution in [0.2, 0.25) is 0 Å². The highest BCUT2D eigenvalue weighted by Gasteiger charge is 2.56. The molecule has 1 heterocycles. The summed E-state index contributed by atoms with van der Waals surface area (Å²) in [6, 6.07) is 15.4. The van der Waals surface area contributed by atoms with Crippen LogP contribution in [0.4, 0.5) is 4.79 Å². The Morgan fingerprint density at radius 1 is 1.03 bits per heavy atom. The van der Waals surface area contributed by atoms with Crippen molar-refractivity contribution in [2.24, 2.45) is 5.92 Å². The van der Waals surface area contributed by atoms with Crippen molar-refractivity contribution in [2.45, 2.75) is 57.2 Å². The summed E-state index contributed by atoms with van der Waals surface area (Å²) in [6.07, 6.45) is -0.463. The normalized spacial score (nSPS) is 23.8. The molecule has 1 fully saturated rings. The van der Waals surface area contributed by atoms with Gasteiger partial charge in [0.25, 0.3) is 0 Å². The van der Waals surface area contributed by atoms with Crippen LogP contribution in [0.25, 0.3) is 11.1 Å². The molecule has 2 atom stereocenters. The van der Waals surface area contributed by atoms with Crippen molar-refractivity contribution in [3.05, 3.63) is 59.7 Å². The number of piperidine rings is 1. The molecule has 2 aliphatic rings. The summed E-state index contributed by atoms with van der Waals surface area (Å²) in [5.74, 6) is -2.26. The lowest BCUT2D eigenvalue weighted by Crippen LogP contribution is -2.69. The predicted octanol–water partition coefficient (Wildman–Crippen LogP) is 4.20. The summed E-state index contributed by atoms with van der Waals surface area (Å²) >= 11 is 0. The number of nitrogens with zero attached hydrogens (tertiary/aromatic N) is 1. The molecule has 0 aromatic heterocycles. The average molecular weight is 438 g/mol. The van der Waals surface area contributed by atoms with Gasteiger partial charge in [0.2, 0.25) is 0 Å². The SMILES string of the molecule is CC1(C)C[C@@H](NC(=O)OCC2c3ccccc3-c3ccccc32)[C@@H](C(=O)O)C(C)(C)N1[O]. The Labute approximate surface area is 188 Å². The molecule has 7 heteroatoms. The Morgan fingerprint density at radius 3 is 2.09 bits per heavy atom. The number of hydrogen-bond acceptors (Lipinski definition) is 4. The van der Waals surface area contributed by atoms with E-state index in [0.29, 0.717) is 0 Å². The molecule has 169 valence electrons. The van der Waals surface area contributed by atoms with Crippen molar-refractivity contribution in [1.29, 1.82) is 0 Å². The molecule has 1 saturated heterocycles. The number of amides is 1. The van der Waals surface area contributed by atoms with Gasteiger partial charge in [-0.2, -0.15) is 0 Å². The minimum atomic E-state index is -1.19. The molecule has 7 nitrogen and oxygen atoms in total. The van der Waals surface area contributed by atoms with E-state index in [9.17, 15) is 19.9 Å². The highest BCUT2D eigenvalue weighted by molar-refractivity contribution is 5.79. The van der Waals surface area contributed by atoms with E-state index in [1.54, 1.807) is 27.7 Å². The molecular formula is C25H29N2O5. The van der Waals surface area contributed by atoms with E-state index in [1.165, 1.54) is 0 Å². The van der Waals surface area contributed by atoms with Gasteiger partial charge in [0, 0.05) is 17.5 Å². The highest BCUT2D eigenvalue weighted by Crippen LogP contribution is 2.45. The summed E-state index contributed by atoms with van der Waals surface area (Å²) in [5, 5.41) is 26.2. The van der Waals surface area contributed by atoms with Gasteiger partial charge < -0.3 is 15.2 Å². The van der Waals surface area contributed by atoms with Crippen LogP contribution in [-0.2, 0) is 14.7 Å². The maximum Gasteiger partial charge on any atom is 0.407 e. The van der Waals surface area contributed by atoms with E-state index in [2.05, 4.69) is 17.4 Å². The number of carboxylic acid groups (broad SMARTS) is 1. The first-order valence-electron chi connectivity index (χ1n) is 10.9. The number of fused-ring (bicyclic) bond motifs is 3. The van der Waals surface area contributed by atoms with Gasteiger partial charge in [0.15, 0.2) is 0 Å². The summed E-state index contributed by atoms with van der Waals surface area (Å²) in [4.78, 5) is 24.7. The first-order valence-corrected chi connectivity index (χ1v) is 10.9. The Morgan fingerprint density at radius 2 is 1.56 bits per heavy atom. The third-order valence-electron chi connectivity index (χ3n) is 6.87. The van der Waals surface area contributed by atoms with Crippen molar-refractivity contribution < 1.29 is 24.6 Å². The number of hydroxylamine groups is 2. The maximum atomic E-state index is 12.8. The van der Waals surface area contributed by atoms with Gasteiger partial charge in [0.1, 0.15) is 6.61 Å². The van der Waals surface area contributed by atoms with Crippen LogP contribution < -0.4 is 5.32 Å². The lowest BCUT2D eigenvalue weighted by atomic mass is 9.71. The first-order chi connectivity index (χ1) is 15.0. The first kappa shape index (κ1) is 22.3. The van der Waals surface area contributed by atoms with Crippen molar-refractivity contribution in [2.75, 3.05) is 6.61 Å². The van der Waals surface area contributed by atoms with Crippen molar-refractivity contribution in [1.82, 2.24) is 10.4 Å². The number of rotatable bonds is 4. The minimum absolute atomic E-state index is 0.0835. The van der Waals surface area contributed by atoms with Gasteiger partial charge in [-0.15, -0.1) is 10.3 Å². The Balaban J connectivity index is 1.50. The van der Waals surface area contributed by atoms with Gasteiger partial charge in [0.05, 0.1) is 11.5 Å². The average Bonchev–Trinajstić information content (AvgIpc) is 3.04. The number of ether oxygens (including phenoxy) is 1. The Hall–Kier alpha value is -2.90. The van der Waals surface area contributed by atoms with E-state index in [0.717, 1.165) is 27.3 Å². The van der Waals surface area contributed by atoms with Crippen LogP contribution >= 0.6 is 0 Å². The van der Waals surface area contributed by atoms with Crippen LogP contribution in [0, 0.1) is 5.92 Å². The molecule has 1 aliphatic carbocycles. The largest absolute Gasteiger partial charge is 0.481 e. The predicted molar refractivity (Wildman–Crippen MR) is 118 cm³/mol. The van der Waals surface area contributed by atoms with Gasteiger partial charge in [-0.3, -0.25) is 4.79 Å². The van der Waals surface area contributed by atoms with E-state index < -0.39 is 35.1 Å². The maximum absolute atomic E-state index is 12.8. The fourth-order valence-electron chi connectivity index (χ4n) is 5.54. The zero-order valence-electron chi connectivity index (χ0n) is 18.8. The van der Waals surface area contributed by atoms with E-state index in [1.807, 2.05) is 36.4 Å². The number of carbonyl (C=O) groups excluding carboxylic acids is 1. The second-order valence-corrected chi connectivity index (χ2v) is 9.86. The van der Waals surface area contributed by atoms with Crippen LogP contribution in [0.1, 0.15) is 51.2 Å². The van der Waals surface area contributed by atoms with Crippen molar-refractivity contribution in [3.63, 3.8) is 0 Å². The van der Waals surface area contributed by atoms with Crippen LogP contribution in [0.15, 0.2) is 48.5 Å². The second kappa shape index (κ2) is 7.90. The topological polar surface area (TPSA) is 98.8 Å². The quantitative estimate of drug-likeness (QED) is 0.747. The molecule has 1 aliphatic heterocycles. The molecule has 1 radical (unpaired) electrons. The third-order valence-corrected chi connectivity index (χ3v) is 6.87. The van der Waals surface area contributed by atoms with Gasteiger partial charge >= 0.3 is 12.1 Å². The molecule has 0 bridgehead atoms. The number of hydrogen-bond donors (Lipinski definition) is 2. The summed E-state index contributed by atoms with van der Waals surface area (Å²) in [7, 11) is 0. The van der Waals surface area contributed by atoms with Crippen LogP contribution in [0.3, 0.4) is 0 Å². The minimum Gasteiger partial charge on any atom is -0.481 e. The summed E-state index contributed by atoms with van der Waals surface area (Å²) < 4.78 is 5.60.